The lowest BCUT2D eigenvalue weighted by Crippen LogP contribution is -2.17. The third kappa shape index (κ3) is 1.09. The van der Waals surface area contributed by atoms with Crippen molar-refractivity contribution in [1.29, 1.82) is 0 Å². The Balaban J connectivity index is 2.14. The molecule has 0 saturated carbocycles. The minimum absolute atomic E-state index is 0.925. The number of anilines is 1. The summed E-state index contributed by atoms with van der Waals surface area (Å²) in [5, 5.41) is 0. The molecule has 1 fully saturated rings. The molecular weight excluding hydrogens is 176 g/mol. The van der Waals surface area contributed by atoms with E-state index in [0.717, 1.165) is 24.2 Å². The predicted molar refractivity (Wildman–Crippen MR) is 55.5 cm³/mol. The Hall–Kier alpha value is -1.51. The Labute approximate surface area is 82.3 Å². The van der Waals surface area contributed by atoms with E-state index in [2.05, 4.69) is 9.88 Å². The molecule has 0 N–H and O–H groups in total. The molecule has 0 spiro atoms. The molecule has 2 aromatic rings. The van der Waals surface area contributed by atoms with E-state index >= 15 is 0 Å². The molecule has 3 rings (SSSR count). The first-order valence-corrected chi connectivity index (χ1v) is 5.02. The van der Waals surface area contributed by atoms with Crippen LogP contribution in [0.4, 0.5) is 5.69 Å². The number of rotatable bonds is 1. The monoisotopic (exact) mass is 188 g/mol. The molecular formula is C11H12N2O. The SMILES string of the molecule is c1cc(N2CCCC2)c2occc2n1. The van der Waals surface area contributed by atoms with Crippen molar-refractivity contribution in [3.05, 3.63) is 24.6 Å². The Morgan fingerprint density at radius 2 is 2.07 bits per heavy atom. The zero-order valence-corrected chi connectivity index (χ0v) is 7.94. The first-order valence-electron chi connectivity index (χ1n) is 5.02. The van der Waals surface area contributed by atoms with Gasteiger partial charge >= 0.3 is 0 Å². The van der Waals surface area contributed by atoms with Crippen molar-refractivity contribution in [2.24, 2.45) is 0 Å². The lowest BCUT2D eigenvalue weighted by molar-refractivity contribution is 0.614. The van der Waals surface area contributed by atoms with Crippen LogP contribution < -0.4 is 4.90 Å². The number of pyridine rings is 1. The molecule has 0 aliphatic carbocycles. The molecule has 0 bridgehead atoms. The van der Waals surface area contributed by atoms with E-state index in [1.54, 1.807) is 6.26 Å². The molecule has 1 aliphatic rings. The van der Waals surface area contributed by atoms with Gasteiger partial charge in [-0.25, -0.2) is 0 Å². The van der Waals surface area contributed by atoms with Gasteiger partial charge in [0.15, 0.2) is 5.58 Å². The average molecular weight is 188 g/mol. The van der Waals surface area contributed by atoms with Crippen LogP contribution in [0.2, 0.25) is 0 Å². The summed E-state index contributed by atoms with van der Waals surface area (Å²) < 4.78 is 5.46. The van der Waals surface area contributed by atoms with E-state index in [4.69, 9.17) is 4.42 Å². The fourth-order valence-corrected chi connectivity index (χ4v) is 2.07. The van der Waals surface area contributed by atoms with Crippen molar-refractivity contribution in [3.8, 4) is 0 Å². The lowest BCUT2D eigenvalue weighted by Gasteiger charge is -2.16. The lowest BCUT2D eigenvalue weighted by atomic mass is 10.3. The van der Waals surface area contributed by atoms with Gasteiger partial charge in [0.05, 0.1) is 12.0 Å². The summed E-state index contributed by atoms with van der Waals surface area (Å²) >= 11 is 0. The van der Waals surface area contributed by atoms with Gasteiger partial charge in [0.25, 0.3) is 0 Å². The largest absolute Gasteiger partial charge is 0.460 e. The summed E-state index contributed by atoms with van der Waals surface area (Å²) in [5.74, 6) is 0. The van der Waals surface area contributed by atoms with Gasteiger partial charge < -0.3 is 9.32 Å². The maximum atomic E-state index is 5.46. The second kappa shape index (κ2) is 3.01. The minimum atomic E-state index is 0.925. The topological polar surface area (TPSA) is 29.3 Å². The van der Waals surface area contributed by atoms with Gasteiger partial charge in [-0.2, -0.15) is 0 Å². The summed E-state index contributed by atoms with van der Waals surface area (Å²) in [7, 11) is 0. The second-order valence-corrected chi connectivity index (χ2v) is 3.66. The molecule has 72 valence electrons. The summed E-state index contributed by atoms with van der Waals surface area (Å²) in [6.45, 7) is 2.28. The molecule has 1 aliphatic heterocycles. The zero-order valence-electron chi connectivity index (χ0n) is 7.94. The van der Waals surface area contributed by atoms with E-state index in [0.29, 0.717) is 0 Å². The normalized spacial score (nSPS) is 16.7. The third-order valence-electron chi connectivity index (χ3n) is 2.77. The maximum absolute atomic E-state index is 5.46. The van der Waals surface area contributed by atoms with Gasteiger partial charge in [-0.3, -0.25) is 4.98 Å². The Kier molecular flexibility index (Phi) is 1.69. The quantitative estimate of drug-likeness (QED) is 0.688. The van der Waals surface area contributed by atoms with Crippen molar-refractivity contribution < 1.29 is 4.42 Å². The smallest absolute Gasteiger partial charge is 0.175 e. The highest BCUT2D eigenvalue weighted by atomic mass is 16.3. The van der Waals surface area contributed by atoms with Crippen LogP contribution >= 0.6 is 0 Å². The first-order chi connectivity index (χ1) is 6.95. The van der Waals surface area contributed by atoms with E-state index in [9.17, 15) is 0 Å². The molecule has 0 aromatic carbocycles. The van der Waals surface area contributed by atoms with Gasteiger partial charge in [-0.15, -0.1) is 0 Å². The number of furan rings is 1. The van der Waals surface area contributed by atoms with Crippen LogP contribution in [-0.2, 0) is 0 Å². The molecule has 3 heterocycles. The van der Waals surface area contributed by atoms with Crippen LogP contribution in [0.5, 0.6) is 0 Å². The number of nitrogens with zero attached hydrogens (tertiary/aromatic N) is 2. The highest BCUT2D eigenvalue weighted by Crippen LogP contribution is 2.28. The standard InChI is InChI=1S/C11H12N2O/c1-2-7-13(6-1)10-3-5-12-9-4-8-14-11(9)10/h3-5,8H,1-2,6-7H2. The van der Waals surface area contributed by atoms with E-state index in [1.807, 2.05) is 18.3 Å². The summed E-state index contributed by atoms with van der Waals surface area (Å²) in [4.78, 5) is 6.62. The Bertz CT molecular complexity index is 443. The summed E-state index contributed by atoms with van der Waals surface area (Å²) in [5.41, 5.74) is 3.07. The minimum Gasteiger partial charge on any atom is -0.460 e. The van der Waals surface area contributed by atoms with E-state index in [1.165, 1.54) is 18.5 Å². The van der Waals surface area contributed by atoms with Crippen LogP contribution in [0, 0.1) is 0 Å². The zero-order chi connectivity index (χ0) is 9.38. The van der Waals surface area contributed by atoms with Crippen LogP contribution in [0.25, 0.3) is 11.1 Å². The highest BCUT2D eigenvalue weighted by Gasteiger charge is 2.16. The van der Waals surface area contributed by atoms with Crippen molar-refractivity contribution >= 4 is 16.8 Å². The molecule has 3 nitrogen and oxygen atoms in total. The molecule has 3 heteroatoms. The molecule has 2 aromatic heterocycles. The van der Waals surface area contributed by atoms with Crippen molar-refractivity contribution in [2.45, 2.75) is 12.8 Å². The Morgan fingerprint density at radius 1 is 1.21 bits per heavy atom. The fraction of sp³-hybridized carbons (Fsp3) is 0.364. The maximum Gasteiger partial charge on any atom is 0.175 e. The van der Waals surface area contributed by atoms with Gasteiger partial charge in [-0.05, 0) is 18.9 Å². The van der Waals surface area contributed by atoms with Gasteiger partial charge in [0.1, 0.15) is 5.52 Å². The summed E-state index contributed by atoms with van der Waals surface area (Å²) in [6.07, 6.45) is 6.12. The highest BCUT2D eigenvalue weighted by molar-refractivity contribution is 5.86. The van der Waals surface area contributed by atoms with Crippen molar-refractivity contribution in [3.63, 3.8) is 0 Å². The summed E-state index contributed by atoms with van der Waals surface area (Å²) in [6, 6.07) is 3.95. The molecule has 0 radical (unpaired) electrons. The number of hydrogen-bond acceptors (Lipinski definition) is 3. The first kappa shape index (κ1) is 7.85. The van der Waals surface area contributed by atoms with E-state index < -0.39 is 0 Å². The second-order valence-electron chi connectivity index (χ2n) is 3.66. The molecule has 0 atom stereocenters. The number of hydrogen-bond donors (Lipinski definition) is 0. The molecule has 0 amide bonds. The Morgan fingerprint density at radius 3 is 2.93 bits per heavy atom. The van der Waals surface area contributed by atoms with Gasteiger partial charge in [0, 0.05) is 25.4 Å². The number of fused-ring (bicyclic) bond motifs is 1. The molecule has 0 unspecified atom stereocenters. The van der Waals surface area contributed by atoms with Crippen molar-refractivity contribution in [1.82, 2.24) is 4.98 Å². The van der Waals surface area contributed by atoms with Gasteiger partial charge in [-0.1, -0.05) is 0 Å². The van der Waals surface area contributed by atoms with Crippen LogP contribution in [-0.4, -0.2) is 18.1 Å². The molecule has 14 heavy (non-hydrogen) atoms. The fourth-order valence-electron chi connectivity index (χ4n) is 2.07. The van der Waals surface area contributed by atoms with Crippen LogP contribution in [0.15, 0.2) is 29.0 Å². The van der Waals surface area contributed by atoms with Gasteiger partial charge in [0.2, 0.25) is 0 Å². The van der Waals surface area contributed by atoms with Crippen molar-refractivity contribution in [2.75, 3.05) is 18.0 Å². The van der Waals surface area contributed by atoms with Crippen LogP contribution in [0.1, 0.15) is 12.8 Å². The molecule has 1 saturated heterocycles. The number of aromatic nitrogens is 1. The average Bonchev–Trinajstić information content (AvgIpc) is 2.88. The third-order valence-corrected chi connectivity index (χ3v) is 2.77. The van der Waals surface area contributed by atoms with E-state index in [-0.39, 0.29) is 0 Å². The van der Waals surface area contributed by atoms with Crippen LogP contribution in [0.3, 0.4) is 0 Å². The predicted octanol–water partition coefficient (Wildman–Crippen LogP) is 2.43.